The third-order valence-electron chi connectivity index (χ3n) is 3.35. The van der Waals surface area contributed by atoms with E-state index in [2.05, 4.69) is 27.7 Å². The number of hydrogen-bond acceptors (Lipinski definition) is 2. The summed E-state index contributed by atoms with van der Waals surface area (Å²) < 4.78 is 2.27. The Morgan fingerprint density at radius 1 is 1.40 bits per heavy atom. The molecule has 1 aromatic rings. The first kappa shape index (κ1) is 8.92. The Labute approximate surface area is 89.3 Å². The first-order chi connectivity index (χ1) is 7.27. The highest BCUT2D eigenvalue weighted by atomic mass is 16.3. The van der Waals surface area contributed by atoms with E-state index >= 15 is 0 Å². The van der Waals surface area contributed by atoms with E-state index in [-0.39, 0.29) is 6.10 Å². The molecule has 3 nitrogen and oxygen atoms in total. The predicted molar refractivity (Wildman–Crippen MR) is 59.3 cm³/mol. The van der Waals surface area contributed by atoms with Crippen LogP contribution in [0.4, 0.5) is 5.69 Å². The SMILES string of the molecule is CN1C2=[N+](CC[C@H]2O)Cc2ccccc21. The third kappa shape index (κ3) is 1.20. The number of benzene rings is 1. The van der Waals surface area contributed by atoms with Gasteiger partial charge in [-0.25, -0.2) is 4.90 Å². The monoisotopic (exact) mass is 203 g/mol. The van der Waals surface area contributed by atoms with Crippen molar-refractivity contribution in [3.63, 3.8) is 0 Å². The third-order valence-corrected chi connectivity index (χ3v) is 3.35. The van der Waals surface area contributed by atoms with E-state index in [4.69, 9.17) is 0 Å². The molecule has 0 saturated heterocycles. The van der Waals surface area contributed by atoms with Gasteiger partial charge in [0, 0.05) is 12.0 Å². The Morgan fingerprint density at radius 2 is 2.20 bits per heavy atom. The molecule has 3 heteroatoms. The molecule has 3 rings (SSSR count). The van der Waals surface area contributed by atoms with E-state index < -0.39 is 0 Å². The van der Waals surface area contributed by atoms with Crippen molar-refractivity contribution in [2.24, 2.45) is 0 Å². The highest BCUT2D eigenvalue weighted by Crippen LogP contribution is 2.27. The van der Waals surface area contributed by atoms with Gasteiger partial charge in [-0.05, 0) is 6.07 Å². The summed E-state index contributed by atoms with van der Waals surface area (Å²) in [5.74, 6) is 1.06. The fraction of sp³-hybridized carbons (Fsp3) is 0.417. The molecular formula is C12H15N2O+. The molecule has 15 heavy (non-hydrogen) atoms. The molecule has 1 atom stereocenters. The number of fused-ring (bicyclic) bond motifs is 1. The van der Waals surface area contributed by atoms with E-state index in [1.807, 2.05) is 13.1 Å². The van der Waals surface area contributed by atoms with Gasteiger partial charge in [0.15, 0.2) is 6.10 Å². The molecule has 0 saturated carbocycles. The summed E-state index contributed by atoms with van der Waals surface area (Å²) in [6.45, 7) is 1.90. The molecule has 0 aliphatic carbocycles. The van der Waals surface area contributed by atoms with Crippen molar-refractivity contribution in [2.45, 2.75) is 19.1 Å². The minimum atomic E-state index is -0.289. The minimum absolute atomic E-state index is 0.289. The topological polar surface area (TPSA) is 26.5 Å². The molecule has 0 unspecified atom stereocenters. The van der Waals surface area contributed by atoms with Crippen LogP contribution >= 0.6 is 0 Å². The van der Waals surface area contributed by atoms with Crippen molar-refractivity contribution in [1.29, 1.82) is 0 Å². The Morgan fingerprint density at radius 3 is 3.07 bits per heavy atom. The zero-order valence-electron chi connectivity index (χ0n) is 8.85. The second kappa shape index (κ2) is 3.07. The summed E-state index contributed by atoms with van der Waals surface area (Å²) >= 11 is 0. The van der Waals surface area contributed by atoms with Crippen molar-refractivity contribution in [3.05, 3.63) is 29.8 Å². The van der Waals surface area contributed by atoms with Gasteiger partial charge in [-0.1, -0.05) is 18.2 Å². The van der Waals surface area contributed by atoms with Gasteiger partial charge in [0.25, 0.3) is 5.84 Å². The van der Waals surface area contributed by atoms with Crippen LogP contribution in [0.5, 0.6) is 0 Å². The smallest absolute Gasteiger partial charge is 0.281 e. The van der Waals surface area contributed by atoms with Crippen molar-refractivity contribution < 1.29 is 9.68 Å². The Balaban J connectivity index is 2.10. The average Bonchev–Trinajstić information content (AvgIpc) is 2.61. The second-order valence-corrected chi connectivity index (χ2v) is 4.27. The Bertz CT molecular complexity index is 439. The fourth-order valence-corrected chi connectivity index (χ4v) is 2.63. The predicted octanol–water partition coefficient (Wildman–Crippen LogP) is 0.812. The number of likely N-dealkylation sites (N-methyl/N-ethyl adjacent to an activating group) is 1. The number of para-hydroxylation sites is 1. The lowest BCUT2D eigenvalue weighted by atomic mass is 10.1. The first-order valence-electron chi connectivity index (χ1n) is 5.39. The fourth-order valence-electron chi connectivity index (χ4n) is 2.63. The van der Waals surface area contributed by atoms with Crippen LogP contribution in [0.2, 0.25) is 0 Å². The van der Waals surface area contributed by atoms with Gasteiger partial charge in [-0.3, -0.25) is 4.58 Å². The summed E-state index contributed by atoms with van der Waals surface area (Å²) in [6.07, 6.45) is 0.566. The number of anilines is 1. The van der Waals surface area contributed by atoms with E-state index in [0.717, 1.165) is 25.3 Å². The number of hydrogen-bond donors (Lipinski definition) is 1. The maximum absolute atomic E-state index is 9.90. The Kier molecular flexibility index (Phi) is 1.83. The lowest BCUT2D eigenvalue weighted by Crippen LogP contribution is -2.41. The van der Waals surface area contributed by atoms with Crippen LogP contribution in [0.1, 0.15) is 12.0 Å². The van der Waals surface area contributed by atoms with Gasteiger partial charge < -0.3 is 5.11 Å². The number of amidine groups is 1. The van der Waals surface area contributed by atoms with Gasteiger partial charge in [-0.2, -0.15) is 0 Å². The summed E-state index contributed by atoms with van der Waals surface area (Å²) in [6, 6.07) is 8.40. The molecule has 0 bridgehead atoms. The quantitative estimate of drug-likeness (QED) is 0.632. The molecule has 2 heterocycles. The van der Waals surface area contributed by atoms with E-state index in [1.165, 1.54) is 11.3 Å². The second-order valence-electron chi connectivity index (χ2n) is 4.27. The van der Waals surface area contributed by atoms with E-state index in [9.17, 15) is 5.11 Å². The van der Waals surface area contributed by atoms with Gasteiger partial charge in [0.1, 0.15) is 12.2 Å². The molecule has 0 amide bonds. The average molecular weight is 203 g/mol. The normalized spacial score (nSPS) is 24.1. The van der Waals surface area contributed by atoms with Crippen LogP contribution in [-0.4, -0.2) is 35.2 Å². The van der Waals surface area contributed by atoms with E-state index in [1.54, 1.807) is 0 Å². The molecule has 2 aliphatic heterocycles. The molecule has 0 fully saturated rings. The molecular weight excluding hydrogens is 188 g/mol. The van der Waals surface area contributed by atoms with Crippen LogP contribution in [0.15, 0.2) is 24.3 Å². The van der Waals surface area contributed by atoms with Crippen LogP contribution in [0, 0.1) is 0 Å². The van der Waals surface area contributed by atoms with Crippen LogP contribution in [0.3, 0.4) is 0 Å². The standard InChI is InChI=1S/C12H15N2O/c1-13-10-5-3-2-4-9(10)8-14-7-6-11(15)12(13)14/h2-5,11,15H,6-8H2,1H3/q+1/t11-/m1/s1. The van der Waals surface area contributed by atoms with Gasteiger partial charge in [-0.15, -0.1) is 0 Å². The largest absolute Gasteiger partial charge is 0.380 e. The molecule has 1 N–H and O–H groups in total. The summed E-state index contributed by atoms with van der Waals surface area (Å²) in [5.41, 5.74) is 2.57. The van der Waals surface area contributed by atoms with Gasteiger partial charge in [0.05, 0.1) is 13.6 Å². The number of nitrogens with zero attached hydrogens (tertiary/aromatic N) is 2. The summed E-state index contributed by atoms with van der Waals surface area (Å²) in [5, 5.41) is 9.90. The highest BCUT2D eigenvalue weighted by Gasteiger charge is 2.38. The minimum Gasteiger partial charge on any atom is -0.380 e. The Hall–Kier alpha value is -1.35. The van der Waals surface area contributed by atoms with Crippen LogP contribution in [-0.2, 0) is 6.54 Å². The maximum Gasteiger partial charge on any atom is 0.281 e. The van der Waals surface area contributed by atoms with Crippen LogP contribution < -0.4 is 4.90 Å². The lowest BCUT2D eigenvalue weighted by Gasteiger charge is -2.23. The lowest BCUT2D eigenvalue weighted by molar-refractivity contribution is -0.538. The number of aliphatic hydroxyl groups excluding tert-OH is 1. The molecule has 1 aromatic carbocycles. The molecule has 0 radical (unpaired) electrons. The van der Waals surface area contributed by atoms with Crippen molar-refractivity contribution in [2.75, 3.05) is 18.5 Å². The maximum atomic E-state index is 9.90. The molecule has 0 aromatic heterocycles. The van der Waals surface area contributed by atoms with E-state index in [0.29, 0.717) is 0 Å². The number of aliphatic hydroxyl groups is 1. The van der Waals surface area contributed by atoms with Crippen molar-refractivity contribution in [1.82, 2.24) is 0 Å². The zero-order chi connectivity index (χ0) is 10.4. The van der Waals surface area contributed by atoms with Gasteiger partial charge >= 0.3 is 0 Å². The van der Waals surface area contributed by atoms with Crippen LogP contribution in [0.25, 0.3) is 0 Å². The first-order valence-corrected chi connectivity index (χ1v) is 5.39. The summed E-state index contributed by atoms with van der Waals surface area (Å²) in [7, 11) is 2.04. The summed E-state index contributed by atoms with van der Waals surface area (Å²) in [4.78, 5) is 2.12. The zero-order valence-corrected chi connectivity index (χ0v) is 8.85. The molecule has 78 valence electrons. The molecule has 2 aliphatic rings. The van der Waals surface area contributed by atoms with Crippen molar-refractivity contribution >= 4 is 11.5 Å². The number of rotatable bonds is 0. The highest BCUT2D eigenvalue weighted by molar-refractivity contribution is 5.98. The molecule has 0 spiro atoms. The van der Waals surface area contributed by atoms with Gasteiger partial charge in [0.2, 0.25) is 0 Å². The van der Waals surface area contributed by atoms with Crippen molar-refractivity contribution in [3.8, 4) is 0 Å².